The zero-order valence-corrected chi connectivity index (χ0v) is 15.2. The summed E-state index contributed by atoms with van der Waals surface area (Å²) >= 11 is 0. The number of likely N-dealkylation sites (tertiary alicyclic amines) is 1. The van der Waals surface area contributed by atoms with E-state index in [1.165, 1.54) is 0 Å². The van der Waals surface area contributed by atoms with Crippen LogP contribution >= 0.6 is 0 Å². The third-order valence-corrected chi connectivity index (χ3v) is 4.93. The highest BCUT2D eigenvalue weighted by Crippen LogP contribution is 2.22. The summed E-state index contributed by atoms with van der Waals surface area (Å²) in [7, 11) is 1.77. The molecule has 2 atom stereocenters. The van der Waals surface area contributed by atoms with Crippen molar-refractivity contribution >= 4 is 17.5 Å². The fourth-order valence-corrected chi connectivity index (χ4v) is 3.22. The van der Waals surface area contributed by atoms with Crippen LogP contribution in [0.4, 0.5) is 0 Å². The van der Waals surface area contributed by atoms with Crippen LogP contribution in [0.1, 0.15) is 43.0 Å². The molecule has 1 aromatic rings. The molecule has 7 heteroatoms. The molecule has 3 rings (SSSR count). The van der Waals surface area contributed by atoms with Crippen LogP contribution in [0.15, 0.2) is 21.7 Å². The summed E-state index contributed by atoms with van der Waals surface area (Å²) in [6.07, 6.45) is 0.750. The number of nitrogens with zero attached hydrogens (tertiary/aromatic N) is 3. The maximum absolute atomic E-state index is 12.7. The van der Waals surface area contributed by atoms with Gasteiger partial charge in [-0.2, -0.15) is 0 Å². The van der Waals surface area contributed by atoms with E-state index in [2.05, 4.69) is 5.16 Å². The van der Waals surface area contributed by atoms with Gasteiger partial charge >= 0.3 is 0 Å². The lowest BCUT2D eigenvalue weighted by molar-refractivity contribution is -0.142. The second kappa shape index (κ2) is 6.90. The first-order valence-electron chi connectivity index (χ1n) is 8.71. The minimum absolute atomic E-state index is 0.0146. The monoisotopic (exact) mass is 347 g/mol. The van der Waals surface area contributed by atoms with Crippen molar-refractivity contribution in [2.75, 3.05) is 20.1 Å². The summed E-state index contributed by atoms with van der Waals surface area (Å²) in [5.74, 6) is 1.14. The molecule has 0 N–H and O–H groups in total. The molecular weight excluding hydrogens is 322 g/mol. The molecule has 3 heterocycles. The molecule has 2 amide bonds. The van der Waals surface area contributed by atoms with E-state index < -0.39 is 6.10 Å². The van der Waals surface area contributed by atoms with E-state index in [4.69, 9.17) is 9.25 Å². The average Bonchev–Trinajstić information content (AvgIpc) is 3.32. The van der Waals surface area contributed by atoms with Crippen molar-refractivity contribution in [1.82, 2.24) is 9.80 Å². The van der Waals surface area contributed by atoms with Crippen LogP contribution < -0.4 is 0 Å². The highest BCUT2D eigenvalue weighted by atomic mass is 16.6. The normalized spacial score (nSPS) is 22.9. The average molecular weight is 347 g/mol. The molecular formula is C18H25N3O4. The Balaban J connectivity index is 1.56. The standard InChI is InChI=1S/C18H25N3O4/c1-11(2)14-9-16(25-19-14)17(22)20(4)13-7-8-21(10-13)18(23)15-6-5-12(3)24-15/h5-6,11,13,16H,7-10H2,1-4H3. The summed E-state index contributed by atoms with van der Waals surface area (Å²) in [5.41, 5.74) is 0.920. The van der Waals surface area contributed by atoms with E-state index in [-0.39, 0.29) is 23.8 Å². The zero-order valence-electron chi connectivity index (χ0n) is 15.2. The molecule has 0 saturated carbocycles. The number of aryl methyl sites for hydroxylation is 1. The van der Waals surface area contributed by atoms with Gasteiger partial charge < -0.3 is 19.1 Å². The second-order valence-corrected chi connectivity index (χ2v) is 7.09. The molecule has 0 radical (unpaired) electrons. The third-order valence-electron chi connectivity index (χ3n) is 4.93. The van der Waals surface area contributed by atoms with E-state index in [1.807, 2.05) is 20.8 Å². The molecule has 2 aliphatic rings. The summed E-state index contributed by atoms with van der Waals surface area (Å²) < 4.78 is 5.41. The first kappa shape index (κ1) is 17.5. The molecule has 1 aromatic heterocycles. The maximum atomic E-state index is 12.7. The van der Waals surface area contributed by atoms with Gasteiger partial charge in [-0.15, -0.1) is 0 Å². The predicted octanol–water partition coefficient (Wildman–Crippen LogP) is 2.06. The van der Waals surface area contributed by atoms with Crippen molar-refractivity contribution in [2.45, 2.75) is 45.8 Å². The highest BCUT2D eigenvalue weighted by molar-refractivity contribution is 5.94. The first-order valence-corrected chi connectivity index (χ1v) is 8.71. The molecule has 1 fully saturated rings. The van der Waals surface area contributed by atoms with Gasteiger partial charge in [0.2, 0.25) is 6.10 Å². The number of rotatable bonds is 4. The number of hydrogen-bond donors (Lipinski definition) is 0. The molecule has 25 heavy (non-hydrogen) atoms. The number of carbonyl (C=O) groups excluding carboxylic acids is 2. The Bertz CT molecular complexity index is 694. The van der Waals surface area contributed by atoms with E-state index in [0.717, 1.165) is 12.1 Å². The molecule has 0 aromatic carbocycles. The smallest absolute Gasteiger partial charge is 0.289 e. The van der Waals surface area contributed by atoms with Gasteiger partial charge in [-0.25, -0.2) is 0 Å². The van der Waals surface area contributed by atoms with E-state index >= 15 is 0 Å². The zero-order chi connectivity index (χ0) is 18.1. The van der Waals surface area contributed by atoms with Crippen molar-refractivity contribution in [2.24, 2.45) is 11.1 Å². The summed E-state index contributed by atoms with van der Waals surface area (Å²) in [6, 6.07) is 3.45. The van der Waals surface area contributed by atoms with Crippen LogP contribution in [0, 0.1) is 12.8 Å². The van der Waals surface area contributed by atoms with Gasteiger partial charge in [0.15, 0.2) is 5.76 Å². The Kier molecular flexibility index (Phi) is 4.83. The van der Waals surface area contributed by atoms with Crippen molar-refractivity contribution in [3.63, 3.8) is 0 Å². The topological polar surface area (TPSA) is 75.4 Å². The van der Waals surface area contributed by atoms with Gasteiger partial charge in [0.1, 0.15) is 5.76 Å². The summed E-state index contributed by atoms with van der Waals surface area (Å²) in [4.78, 5) is 33.9. The van der Waals surface area contributed by atoms with Crippen LogP contribution in [-0.4, -0.2) is 59.6 Å². The van der Waals surface area contributed by atoms with Crippen molar-refractivity contribution < 1.29 is 18.8 Å². The Hall–Kier alpha value is -2.31. The molecule has 136 valence electrons. The van der Waals surface area contributed by atoms with E-state index in [1.54, 1.807) is 29.0 Å². The molecule has 0 spiro atoms. The number of furan rings is 1. The predicted molar refractivity (Wildman–Crippen MR) is 92.3 cm³/mol. The van der Waals surface area contributed by atoms with Gasteiger partial charge in [-0.1, -0.05) is 19.0 Å². The van der Waals surface area contributed by atoms with Crippen molar-refractivity contribution in [3.05, 3.63) is 23.7 Å². The third kappa shape index (κ3) is 3.55. The number of amides is 2. The van der Waals surface area contributed by atoms with Crippen molar-refractivity contribution in [3.8, 4) is 0 Å². The lowest BCUT2D eigenvalue weighted by Crippen LogP contribution is -2.44. The quantitative estimate of drug-likeness (QED) is 0.835. The van der Waals surface area contributed by atoms with Gasteiger partial charge in [-0.05, 0) is 31.4 Å². The molecule has 1 saturated heterocycles. The lowest BCUT2D eigenvalue weighted by Gasteiger charge is -2.26. The largest absolute Gasteiger partial charge is 0.456 e. The lowest BCUT2D eigenvalue weighted by atomic mass is 10.0. The van der Waals surface area contributed by atoms with E-state index in [9.17, 15) is 9.59 Å². The van der Waals surface area contributed by atoms with Crippen LogP contribution in [0.2, 0.25) is 0 Å². The van der Waals surface area contributed by atoms with Crippen LogP contribution in [0.25, 0.3) is 0 Å². The molecule has 2 unspecified atom stereocenters. The Morgan fingerprint density at radius 3 is 2.72 bits per heavy atom. The molecule has 0 aliphatic carbocycles. The molecule has 0 bridgehead atoms. The number of hydrogen-bond acceptors (Lipinski definition) is 5. The van der Waals surface area contributed by atoms with Gasteiger partial charge in [0.25, 0.3) is 11.8 Å². The van der Waals surface area contributed by atoms with Crippen molar-refractivity contribution in [1.29, 1.82) is 0 Å². The van der Waals surface area contributed by atoms with Gasteiger partial charge in [0, 0.05) is 26.6 Å². The highest BCUT2D eigenvalue weighted by Gasteiger charge is 2.37. The van der Waals surface area contributed by atoms with E-state index in [0.29, 0.717) is 31.0 Å². The number of carbonyl (C=O) groups is 2. The first-order chi connectivity index (χ1) is 11.9. The summed E-state index contributed by atoms with van der Waals surface area (Å²) in [5, 5.41) is 4.02. The molecule has 2 aliphatic heterocycles. The van der Waals surface area contributed by atoms with Crippen LogP contribution in [-0.2, 0) is 9.63 Å². The van der Waals surface area contributed by atoms with Crippen LogP contribution in [0.3, 0.4) is 0 Å². The van der Waals surface area contributed by atoms with Gasteiger partial charge in [0.05, 0.1) is 11.8 Å². The second-order valence-electron chi connectivity index (χ2n) is 7.09. The SMILES string of the molecule is Cc1ccc(C(=O)N2CCC(N(C)C(=O)C3CC(C(C)C)=NO3)C2)o1. The minimum atomic E-state index is -0.542. The fourth-order valence-electron chi connectivity index (χ4n) is 3.22. The Labute approximate surface area is 147 Å². The maximum Gasteiger partial charge on any atom is 0.289 e. The molecule has 7 nitrogen and oxygen atoms in total. The van der Waals surface area contributed by atoms with Crippen LogP contribution in [0.5, 0.6) is 0 Å². The Morgan fingerprint density at radius 1 is 1.36 bits per heavy atom. The summed E-state index contributed by atoms with van der Waals surface area (Å²) in [6.45, 7) is 7.00. The number of likely N-dealkylation sites (N-methyl/N-ethyl adjacent to an activating group) is 1. The minimum Gasteiger partial charge on any atom is -0.456 e. The number of oxime groups is 1. The Morgan fingerprint density at radius 2 is 2.12 bits per heavy atom. The fraction of sp³-hybridized carbons (Fsp3) is 0.611. The van der Waals surface area contributed by atoms with Gasteiger partial charge in [-0.3, -0.25) is 9.59 Å².